The number of nitrogens with zero attached hydrogens (tertiary/aromatic N) is 2. The monoisotopic (exact) mass is 388 g/mol. The standard InChI is InChI=1S/C22H20N4O3/c1-3-28-15-9-7-13(8-10-15)20-19-18(14-5-4-6-16(11-14)27-2)17(12-23)21(24)29-22(19)26-25-20/h4-11,18H,3,24H2,1-2H3,(H,25,26)/t18-/m1/s1. The Labute approximate surface area is 168 Å². The molecule has 1 aliphatic rings. The van der Waals surface area contributed by atoms with E-state index >= 15 is 0 Å². The number of allylic oxidation sites excluding steroid dienone is 1. The van der Waals surface area contributed by atoms with Crippen LogP contribution in [0.2, 0.25) is 0 Å². The summed E-state index contributed by atoms with van der Waals surface area (Å²) in [6.45, 7) is 2.54. The average Bonchev–Trinajstić information content (AvgIpc) is 3.16. The Hall–Kier alpha value is -3.92. The molecule has 3 aromatic rings. The molecule has 0 unspecified atom stereocenters. The maximum Gasteiger partial charge on any atom is 0.244 e. The van der Waals surface area contributed by atoms with E-state index in [2.05, 4.69) is 16.3 Å². The van der Waals surface area contributed by atoms with Crippen LogP contribution >= 0.6 is 0 Å². The summed E-state index contributed by atoms with van der Waals surface area (Å²) in [6.07, 6.45) is 0. The Bertz CT molecular complexity index is 1110. The van der Waals surface area contributed by atoms with Gasteiger partial charge in [-0.3, -0.25) is 5.10 Å². The molecule has 7 nitrogen and oxygen atoms in total. The molecule has 2 heterocycles. The van der Waals surface area contributed by atoms with Gasteiger partial charge < -0.3 is 19.9 Å². The predicted octanol–water partition coefficient (Wildman–Crippen LogP) is 3.70. The van der Waals surface area contributed by atoms with Crippen molar-refractivity contribution in [2.24, 2.45) is 5.73 Å². The molecule has 0 bridgehead atoms. The van der Waals surface area contributed by atoms with E-state index in [0.29, 0.717) is 23.8 Å². The maximum atomic E-state index is 9.79. The van der Waals surface area contributed by atoms with Crippen molar-refractivity contribution in [3.8, 4) is 34.7 Å². The number of H-pyrrole nitrogens is 1. The summed E-state index contributed by atoms with van der Waals surface area (Å²) in [5, 5.41) is 17.1. The first-order chi connectivity index (χ1) is 14.2. The fourth-order valence-electron chi connectivity index (χ4n) is 3.50. The van der Waals surface area contributed by atoms with E-state index < -0.39 is 5.92 Å². The van der Waals surface area contributed by atoms with Crippen LogP contribution in [0, 0.1) is 11.3 Å². The van der Waals surface area contributed by atoms with E-state index in [-0.39, 0.29) is 5.88 Å². The molecule has 0 saturated carbocycles. The second-order valence-corrected chi connectivity index (χ2v) is 6.48. The number of ether oxygens (including phenoxy) is 3. The van der Waals surface area contributed by atoms with Gasteiger partial charge in [0, 0.05) is 5.56 Å². The van der Waals surface area contributed by atoms with Crippen LogP contribution in [0.4, 0.5) is 0 Å². The number of methoxy groups -OCH3 is 1. The summed E-state index contributed by atoms with van der Waals surface area (Å²) in [4.78, 5) is 0. The van der Waals surface area contributed by atoms with Crippen LogP contribution in [-0.2, 0) is 0 Å². The number of fused-ring (bicyclic) bond motifs is 1. The first-order valence-electron chi connectivity index (χ1n) is 9.19. The van der Waals surface area contributed by atoms with Crippen molar-refractivity contribution in [3.63, 3.8) is 0 Å². The van der Waals surface area contributed by atoms with Crippen LogP contribution < -0.4 is 19.9 Å². The van der Waals surface area contributed by atoms with Gasteiger partial charge in [0.25, 0.3) is 0 Å². The molecule has 146 valence electrons. The van der Waals surface area contributed by atoms with Gasteiger partial charge in [-0.25, -0.2) is 0 Å². The van der Waals surface area contributed by atoms with Gasteiger partial charge in [-0.2, -0.15) is 5.26 Å². The Kier molecular flexibility index (Phi) is 4.83. The lowest BCUT2D eigenvalue weighted by Crippen LogP contribution is -2.21. The minimum absolute atomic E-state index is 0.0533. The summed E-state index contributed by atoms with van der Waals surface area (Å²) < 4.78 is 16.5. The van der Waals surface area contributed by atoms with E-state index in [4.69, 9.17) is 19.9 Å². The van der Waals surface area contributed by atoms with E-state index in [1.807, 2.05) is 55.5 Å². The van der Waals surface area contributed by atoms with E-state index in [1.54, 1.807) is 7.11 Å². The average molecular weight is 388 g/mol. The zero-order chi connectivity index (χ0) is 20.4. The normalized spacial score (nSPS) is 15.3. The molecule has 0 aliphatic carbocycles. The number of nitrogens with two attached hydrogens (primary N) is 1. The van der Waals surface area contributed by atoms with Gasteiger partial charge in [-0.1, -0.05) is 12.1 Å². The number of nitriles is 1. The Morgan fingerprint density at radius 1 is 1.21 bits per heavy atom. The van der Waals surface area contributed by atoms with Gasteiger partial charge in [0.2, 0.25) is 11.8 Å². The van der Waals surface area contributed by atoms with Crippen LogP contribution in [-0.4, -0.2) is 23.9 Å². The van der Waals surface area contributed by atoms with Crippen molar-refractivity contribution in [1.29, 1.82) is 5.26 Å². The molecule has 0 amide bonds. The summed E-state index contributed by atoms with van der Waals surface area (Å²) in [5.74, 6) is 1.46. The highest BCUT2D eigenvalue weighted by Gasteiger charge is 2.35. The lowest BCUT2D eigenvalue weighted by Gasteiger charge is -2.24. The molecule has 7 heteroatoms. The Morgan fingerprint density at radius 3 is 2.69 bits per heavy atom. The molecule has 1 aliphatic heterocycles. The second-order valence-electron chi connectivity index (χ2n) is 6.48. The molecule has 1 aromatic heterocycles. The highest BCUT2D eigenvalue weighted by Crippen LogP contribution is 2.46. The van der Waals surface area contributed by atoms with E-state index in [1.165, 1.54) is 0 Å². The highest BCUT2D eigenvalue weighted by molar-refractivity contribution is 5.71. The first kappa shape index (κ1) is 18.4. The number of hydrogen-bond acceptors (Lipinski definition) is 6. The Balaban J connectivity index is 1.86. The molecular weight excluding hydrogens is 368 g/mol. The van der Waals surface area contributed by atoms with Crippen LogP contribution in [0.5, 0.6) is 17.4 Å². The fourth-order valence-corrected chi connectivity index (χ4v) is 3.50. The van der Waals surface area contributed by atoms with Gasteiger partial charge in [0.15, 0.2) is 0 Å². The molecule has 29 heavy (non-hydrogen) atoms. The molecular formula is C22H20N4O3. The summed E-state index contributed by atoms with van der Waals surface area (Å²) in [5.41, 5.74) is 9.65. The number of benzene rings is 2. The van der Waals surface area contributed by atoms with Gasteiger partial charge in [-0.05, 0) is 48.9 Å². The minimum atomic E-state index is -0.431. The smallest absolute Gasteiger partial charge is 0.244 e. The molecule has 2 aromatic carbocycles. The maximum absolute atomic E-state index is 9.79. The predicted molar refractivity (Wildman–Crippen MR) is 107 cm³/mol. The lowest BCUT2D eigenvalue weighted by molar-refractivity contribution is 0.340. The largest absolute Gasteiger partial charge is 0.497 e. The molecule has 1 atom stereocenters. The molecule has 0 saturated heterocycles. The molecule has 4 rings (SSSR count). The molecule has 0 fully saturated rings. The van der Waals surface area contributed by atoms with Crippen LogP contribution in [0.15, 0.2) is 60.0 Å². The highest BCUT2D eigenvalue weighted by atomic mass is 16.5. The minimum Gasteiger partial charge on any atom is -0.497 e. The van der Waals surface area contributed by atoms with Crippen LogP contribution in [0.3, 0.4) is 0 Å². The third kappa shape index (κ3) is 3.25. The van der Waals surface area contributed by atoms with E-state index in [9.17, 15) is 5.26 Å². The topological polar surface area (TPSA) is 106 Å². The summed E-state index contributed by atoms with van der Waals surface area (Å²) in [7, 11) is 1.60. The molecule has 0 radical (unpaired) electrons. The van der Waals surface area contributed by atoms with Crippen molar-refractivity contribution in [2.45, 2.75) is 12.8 Å². The number of aromatic amines is 1. The SMILES string of the molecule is CCOc1ccc(-c2[nH]nc3c2[C@H](c2cccc(OC)c2)C(C#N)=C(N)O3)cc1. The third-order valence-electron chi connectivity index (χ3n) is 4.82. The quantitative estimate of drug-likeness (QED) is 0.690. The van der Waals surface area contributed by atoms with Crippen molar-refractivity contribution in [1.82, 2.24) is 10.2 Å². The lowest BCUT2D eigenvalue weighted by atomic mass is 9.83. The number of rotatable bonds is 5. The van der Waals surface area contributed by atoms with Crippen molar-refractivity contribution in [2.75, 3.05) is 13.7 Å². The van der Waals surface area contributed by atoms with Crippen LogP contribution in [0.1, 0.15) is 24.0 Å². The fraction of sp³-hybridized carbons (Fsp3) is 0.182. The van der Waals surface area contributed by atoms with Gasteiger partial charge >= 0.3 is 0 Å². The van der Waals surface area contributed by atoms with E-state index in [0.717, 1.165) is 28.1 Å². The zero-order valence-electron chi connectivity index (χ0n) is 16.1. The number of hydrogen-bond donors (Lipinski definition) is 2. The summed E-state index contributed by atoms with van der Waals surface area (Å²) >= 11 is 0. The van der Waals surface area contributed by atoms with Gasteiger partial charge in [0.05, 0.1) is 30.9 Å². The zero-order valence-corrected chi connectivity index (χ0v) is 16.1. The van der Waals surface area contributed by atoms with Gasteiger partial charge in [-0.15, -0.1) is 5.10 Å². The Morgan fingerprint density at radius 2 is 2.00 bits per heavy atom. The molecule has 3 N–H and O–H groups in total. The molecule has 0 spiro atoms. The number of aromatic nitrogens is 2. The third-order valence-corrected chi connectivity index (χ3v) is 4.82. The van der Waals surface area contributed by atoms with Crippen LogP contribution in [0.25, 0.3) is 11.3 Å². The van der Waals surface area contributed by atoms with Crippen molar-refractivity contribution < 1.29 is 14.2 Å². The van der Waals surface area contributed by atoms with Crippen molar-refractivity contribution in [3.05, 3.63) is 71.1 Å². The second kappa shape index (κ2) is 7.60. The van der Waals surface area contributed by atoms with Crippen molar-refractivity contribution >= 4 is 0 Å². The van der Waals surface area contributed by atoms with Gasteiger partial charge in [0.1, 0.15) is 23.1 Å². The number of nitrogens with one attached hydrogen (secondary N) is 1. The first-order valence-corrected chi connectivity index (χ1v) is 9.19. The summed E-state index contributed by atoms with van der Waals surface area (Å²) in [6, 6.07) is 17.4.